The fourth-order valence-corrected chi connectivity index (χ4v) is 5.49. The van der Waals surface area contributed by atoms with Crippen LogP contribution in [0.2, 0.25) is 0 Å². The molecule has 0 N–H and O–H groups in total. The van der Waals surface area contributed by atoms with Crippen molar-refractivity contribution in [3.63, 3.8) is 0 Å². The molecule has 1 fully saturated rings. The summed E-state index contributed by atoms with van der Waals surface area (Å²) in [5.74, 6) is 2.04. The highest BCUT2D eigenvalue weighted by Gasteiger charge is 2.54. The summed E-state index contributed by atoms with van der Waals surface area (Å²) in [5, 5.41) is 0. The van der Waals surface area contributed by atoms with Gasteiger partial charge in [0.05, 0.1) is 31.8 Å². The molecule has 5 atom stereocenters. The molecule has 34 heavy (non-hydrogen) atoms. The van der Waals surface area contributed by atoms with Crippen LogP contribution in [0.3, 0.4) is 0 Å². The molecule has 0 bridgehead atoms. The first kappa shape index (κ1) is 22.4. The van der Waals surface area contributed by atoms with Gasteiger partial charge in [0.25, 0.3) is 5.91 Å². The molecule has 7 nitrogen and oxygen atoms in total. The summed E-state index contributed by atoms with van der Waals surface area (Å²) in [7, 11) is 3.14. The Morgan fingerprint density at radius 3 is 2.44 bits per heavy atom. The van der Waals surface area contributed by atoms with Crippen LogP contribution < -0.4 is 14.4 Å². The first-order chi connectivity index (χ1) is 16.3. The molecular weight excluding hydrogens is 432 g/mol. The molecule has 1 saturated carbocycles. The van der Waals surface area contributed by atoms with Gasteiger partial charge < -0.3 is 14.2 Å². The van der Waals surface area contributed by atoms with Crippen molar-refractivity contribution >= 4 is 17.5 Å². The van der Waals surface area contributed by atoms with Gasteiger partial charge in [0.15, 0.2) is 23.0 Å². The van der Waals surface area contributed by atoms with Gasteiger partial charge in [-0.3, -0.25) is 14.5 Å². The Balaban J connectivity index is 1.66. The lowest BCUT2D eigenvalue weighted by atomic mass is 9.70. The smallest absolute Gasteiger partial charge is 0.295 e. The quantitative estimate of drug-likeness (QED) is 0.670. The van der Waals surface area contributed by atoms with E-state index in [1.807, 2.05) is 31.2 Å². The third-order valence-corrected chi connectivity index (χ3v) is 7.58. The number of methoxy groups -OCH3 is 2. The van der Waals surface area contributed by atoms with Crippen molar-refractivity contribution in [1.82, 2.24) is 4.98 Å². The van der Waals surface area contributed by atoms with Gasteiger partial charge in [-0.25, -0.2) is 4.98 Å². The summed E-state index contributed by atoms with van der Waals surface area (Å²) in [6.45, 7) is 6.32. The zero-order valence-electron chi connectivity index (χ0n) is 20.2. The van der Waals surface area contributed by atoms with E-state index in [0.717, 1.165) is 24.0 Å². The molecule has 7 heteroatoms. The van der Waals surface area contributed by atoms with Crippen LogP contribution in [0.4, 0.5) is 5.82 Å². The summed E-state index contributed by atoms with van der Waals surface area (Å²) in [6, 6.07) is 8.55. The molecule has 0 radical (unpaired) electrons. The maximum absolute atomic E-state index is 14.0. The lowest BCUT2D eigenvalue weighted by Crippen LogP contribution is -2.43. The van der Waals surface area contributed by atoms with Crippen molar-refractivity contribution in [3.8, 4) is 11.5 Å². The van der Waals surface area contributed by atoms with Crippen LogP contribution in [-0.4, -0.2) is 37.0 Å². The molecule has 0 spiro atoms. The highest BCUT2D eigenvalue weighted by Crippen LogP contribution is 2.50. The van der Waals surface area contributed by atoms with E-state index in [9.17, 15) is 9.59 Å². The van der Waals surface area contributed by atoms with Crippen molar-refractivity contribution in [2.75, 3.05) is 19.1 Å². The van der Waals surface area contributed by atoms with E-state index in [0.29, 0.717) is 34.7 Å². The number of Topliss-reactive ketones (excluding diaryl/α,β-unsaturated/α-hetero) is 1. The highest BCUT2D eigenvalue weighted by atomic mass is 16.5. The summed E-state index contributed by atoms with van der Waals surface area (Å²) >= 11 is 0. The fourth-order valence-electron chi connectivity index (χ4n) is 5.49. The summed E-state index contributed by atoms with van der Waals surface area (Å²) in [5.41, 5.74) is 2.13. The number of pyridine rings is 1. The number of rotatable bonds is 4. The van der Waals surface area contributed by atoms with Crippen molar-refractivity contribution < 1.29 is 23.8 Å². The van der Waals surface area contributed by atoms with E-state index in [-0.39, 0.29) is 29.5 Å². The van der Waals surface area contributed by atoms with Gasteiger partial charge in [0.1, 0.15) is 11.9 Å². The fraction of sp³-hybridized carbons (Fsp3) is 0.444. The van der Waals surface area contributed by atoms with Crippen LogP contribution in [0.25, 0.3) is 0 Å². The van der Waals surface area contributed by atoms with Gasteiger partial charge >= 0.3 is 0 Å². The van der Waals surface area contributed by atoms with Crippen molar-refractivity contribution in [2.45, 2.75) is 45.8 Å². The van der Waals surface area contributed by atoms with E-state index in [4.69, 9.17) is 14.2 Å². The monoisotopic (exact) mass is 462 g/mol. The van der Waals surface area contributed by atoms with Crippen molar-refractivity contribution in [2.24, 2.45) is 17.8 Å². The van der Waals surface area contributed by atoms with Crippen molar-refractivity contribution in [1.29, 1.82) is 0 Å². The maximum Gasteiger partial charge on any atom is 0.295 e. The van der Waals surface area contributed by atoms with Crippen LogP contribution >= 0.6 is 0 Å². The second-order valence-corrected chi connectivity index (χ2v) is 9.68. The number of hydrogen-bond acceptors (Lipinski definition) is 6. The average molecular weight is 463 g/mol. The predicted molar refractivity (Wildman–Crippen MR) is 127 cm³/mol. The van der Waals surface area contributed by atoms with E-state index in [2.05, 4.69) is 18.8 Å². The Morgan fingerprint density at radius 2 is 1.74 bits per heavy atom. The molecular formula is C27H30N2O5. The van der Waals surface area contributed by atoms with Gasteiger partial charge in [0.2, 0.25) is 0 Å². The first-order valence-electron chi connectivity index (χ1n) is 11.8. The van der Waals surface area contributed by atoms with E-state index >= 15 is 0 Å². The predicted octanol–water partition coefficient (Wildman–Crippen LogP) is 4.40. The van der Waals surface area contributed by atoms with E-state index < -0.39 is 6.04 Å². The number of benzene rings is 1. The van der Waals surface area contributed by atoms with Gasteiger partial charge in [0, 0.05) is 6.20 Å². The Morgan fingerprint density at radius 1 is 1.00 bits per heavy atom. The molecule has 1 amide bonds. The number of fused-ring (bicyclic) bond motifs is 1. The minimum Gasteiger partial charge on any atom is -0.493 e. The molecule has 2 aliphatic heterocycles. The number of nitrogens with zero attached hydrogens (tertiary/aromatic N) is 2. The summed E-state index contributed by atoms with van der Waals surface area (Å²) in [4.78, 5) is 33.8. The molecule has 1 aromatic carbocycles. The van der Waals surface area contributed by atoms with Crippen LogP contribution in [0.1, 0.15) is 43.9 Å². The highest BCUT2D eigenvalue weighted by molar-refractivity contribution is 6.17. The molecule has 0 saturated heterocycles. The summed E-state index contributed by atoms with van der Waals surface area (Å²) < 4.78 is 17.3. The van der Waals surface area contributed by atoms with Gasteiger partial charge in [-0.2, -0.15) is 0 Å². The second kappa shape index (κ2) is 8.46. The number of amides is 1. The third kappa shape index (κ3) is 3.45. The Labute approximate surface area is 199 Å². The number of ether oxygens (including phenoxy) is 3. The number of hydrogen-bond donors (Lipinski definition) is 0. The number of aromatic nitrogens is 1. The normalized spacial score (nSPS) is 28.4. The molecule has 5 unspecified atom stereocenters. The molecule has 2 aromatic rings. The van der Waals surface area contributed by atoms with Gasteiger partial charge in [-0.15, -0.1) is 0 Å². The second-order valence-electron chi connectivity index (χ2n) is 9.68. The Bertz CT molecular complexity index is 1190. The maximum atomic E-state index is 14.0. The molecule has 5 rings (SSSR count). The van der Waals surface area contributed by atoms with Crippen LogP contribution in [0, 0.1) is 24.7 Å². The SMILES string of the molecule is COc1ccc(C2C3=C(OC4CC(C)C(C)CC4C3=O)C(=O)N2c2cc(C)ccn2)cc1OC. The van der Waals surface area contributed by atoms with E-state index in [1.165, 1.54) is 0 Å². The third-order valence-electron chi connectivity index (χ3n) is 7.58. The molecule has 178 valence electrons. The number of carbonyl (C=O) groups is 2. The Hall–Kier alpha value is -3.35. The minimum absolute atomic E-state index is 0.00767. The minimum atomic E-state index is -0.653. The zero-order valence-corrected chi connectivity index (χ0v) is 20.2. The molecule has 1 aliphatic carbocycles. The van der Waals surface area contributed by atoms with E-state index in [1.54, 1.807) is 31.4 Å². The molecule has 3 aliphatic rings. The molecule has 1 aromatic heterocycles. The largest absolute Gasteiger partial charge is 0.493 e. The topological polar surface area (TPSA) is 78.0 Å². The van der Waals surface area contributed by atoms with Crippen LogP contribution in [0.15, 0.2) is 47.9 Å². The lowest BCUT2D eigenvalue weighted by Gasteiger charge is -2.40. The number of ketones is 1. The van der Waals surface area contributed by atoms with Gasteiger partial charge in [-0.05, 0) is 67.0 Å². The zero-order chi connectivity index (χ0) is 24.1. The Kier molecular flexibility index (Phi) is 5.58. The number of anilines is 1. The standard InChI is InChI=1S/C27H30N2O5/c1-14-8-9-28-22(10-14)29-24(17-6-7-19(32-4)21(13-17)33-5)23-25(30)18-11-15(2)16(3)12-20(18)34-26(23)27(29)31/h6-10,13,15-16,18,20,24H,11-12H2,1-5H3. The lowest BCUT2D eigenvalue weighted by molar-refractivity contribution is -0.134. The van der Waals surface area contributed by atoms with Crippen molar-refractivity contribution in [3.05, 3.63) is 59.0 Å². The first-order valence-corrected chi connectivity index (χ1v) is 11.8. The molecule has 3 heterocycles. The summed E-state index contributed by atoms with van der Waals surface area (Å²) in [6.07, 6.45) is 2.94. The number of carbonyl (C=O) groups excluding carboxylic acids is 2. The van der Waals surface area contributed by atoms with Crippen LogP contribution in [-0.2, 0) is 14.3 Å². The van der Waals surface area contributed by atoms with Crippen LogP contribution in [0.5, 0.6) is 11.5 Å². The number of aryl methyl sites for hydroxylation is 1. The average Bonchev–Trinajstić information content (AvgIpc) is 3.12. The van der Waals surface area contributed by atoms with Gasteiger partial charge in [-0.1, -0.05) is 19.9 Å².